The molecule has 1 amide bonds. The lowest BCUT2D eigenvalue weighted by Gasteiger charge is -2.30. The lowest BCUT2D eigenvalue weighted by atomic mass is 9.99. The number of ether oxygens (including phenoxy) is 2. The Bertz CT molecular complexity index is 713. The van der Waals surface area contributed by atoms with Gasteiger partial charge in [0, 0.05) is 30.6 Å². The summed E-state index contributed by atoms with van der Waals surface area (Å²) >= 11 is 0. The first-order chi connectivity index (χ1) is 11.7. The number of carbonyl (C=O) groups is 1. The SMILES string of the molecule is COCCOc1ccc(C(=O)N2CCCc3c(N)cccc32)cc1. The molecular formula is C19H22N2O3. The minimum absolute atomic E-state index is 0.00927. The highest BCUT2D eigenvalue weighted by Crippen LogP contribution is 2.32. The van der Waals surface area contributed by atoms with Gasteiger partial charge >= 0.3 is 0 Å². The summed E-state index contributed by atoms with van der Waals surface area (Å²) in [6.07, 6.45) is 1.84. The van der Waals surface area contributed by atoms with Gasteiger partial charge < -0.3 is 20.1 Å². The molecule has 0 saturated carbocycles. The van der Waals surface area contributed by atoms with Crippen LogP contribution >= 0.6 is 0 Å². The van der Waals surface area contributed by atoms with Crippen LogP contribution in [0.5, 0.6) is 5.75 Å². The summed E-state index contributed by atoms with van der Waals surface area (Å²) in [5.74, 6) is 0.719. The van der Waals surface area contributed by atoms with Crippen LogP contribution in [0.2, 0.25) is 0 Å². The second-order valence-electron chi connectivity index (χ2n) is 5.77. The van der Waals surface area contributed by atoms with Gasteiger partial charge in [0.05, 0.1) is 6.61 Å². The van der Waals surface area contributed by atoms with Crippen LogP contribution in [0.1, 0.15) is 22.3 Å². The Labute approximate surface area is 142 Å². The van der Waals surface area contributed by atoms with Gasteiger partial charge in [0.1, 0.15) is 12.4 Å². The molecule has 0 spiro atoms. The third kappa shape index (κ3) is 3.36. The van der Waals surface area contributed by atoms with Crippen molar-refractivity contribution in [3.63, 3.8) is 0 Å². The maximum atomic E-state index is 12.9. The van der Waals surface area contributed by atoms with E-state index in [0.29, 0.717) is 25.3 Å². The van der Waals surface area contributed by atoms with E-state index in [1.54, 1.807) is 19.2 Å². The van der Waals surface area contributed by atoms with E-state index < -0.39 is 0 Å². The average Bonchev–Trinajstić information content (AvgIpc) is 2.62. The molecule has 0 fully saturated rings. The van der Waals surface area contributed by atoms with Crippen LogP contribution < -0.4 is 15.4 Å². The van der Waals surface area contributed by atoms with Gasteiger partial charge in [-0.1, -0.05) is 6.07 Å². The number of anilines is 2. The third-order valence-corrected chi connectivity index (χ3v) is 4.19. The van der Waals surface area contributed by atoms with Crippen molar-refractivity contribution >= 4 is 17.3 Å². The Hall–Kier alpha value is -2.53. The molecule has 1 aliphatic rings. The molecule has 5 heteroatoms. The lowest BCUT2D eigenvalue weighted by molar-refractivity contribution is 0.0985. The zero-order valence-electron chi connectivity index (χ0n) is 13.8. The number of nitrogens with two attached hydrogens (primary N) is 1. The third-order valence-electron chi connectivity index (χ3n) is 4.19. The second-order valence-corrected chi connectivity index (χ2v) is 5.77. The monoisotopic (exact) mass is 326 g/mol. The largest absolute Gasteiger partial charge is 0.491 e. The van der Waals surface area contributed by atoms with Crippen LogP contribution in [-0.2, 0) is 11.2 Å². The summed E-state index contributed by atoms with van der Waals surface area (Å²) in [6, 6.07) is 13.0. The number of nitrogens with zero attached hydrogens (tertiary/aromatic N) is 1. The van der Waals surface area contributed by atoms with Crippen LogP contribution in [0.25, 0.3) is 0 Å². The van der Waals surface area contributed by atoms with Gasteiger partial charge in [0.2, 0.25) is 0 Å². The fraction of sp³-hybridized carbons (Fsp3) is 0.316. The van der Waals surface area contributed by atoms with Gasteiger partial charge in [0.15, 0.2) is 0 Å². The van der Waals surface area contributed by atoms with E-state index in [-0.39, 0.29) is 5.91 Å². The first-order valence-electron chi connectivity index (χ1n) is 8.11. The maximum Gasteiger partial charge on any atom is 0.258 e. The molecule has 2 aromatic carbocycles. The van der Waals surface area contributed by atoms with E-state index in [2.05, 4.69) is 0 Å². The molecule has 126 valence electrons. The molecule has 2 N–H and O–H groups in total. The molecule has 0 bridgehead atoms. The summed E-state index contributed by atoms with van der Waals surface area (Å²) < 4.78 is 10.5. The smallest absolute Gasteiger partial charge is 0.258 e. The van der Waals surface area contributed by atoms with Crippen molar-refractivity contribution in [2.75, 3.05) is 37.5 Å². The number of hydrogen-bond acceptors (Lipinski definition) is 4. The van der Waals surface area contributed by atoms with Gasteiger partial charge in [-0.2, -0.15) is 0 Å². The van der Waals surface area contributed by atoms with Crippen LogP contribution in [0.3, 0.4) is 0 Å². The number of methoxy groups -OCH3 is 1. The van der Waals surface area contributed by atoms with Crippen LogP contribution in [0.15, 0.2) is 42.5 Å². The molecule has 0 aromatic heterocycles. The molecule has 1 heterocycles. The maximum absolute atomic E-state index is 12.9. The first-order valence-corrected chi connectivity index (χ1v) is 8.11. The number of amides is 1. The Balaban J connectivity index is 1.77. The van der Waals surface area contributed by atoms with Crippen LogP contribution in [0, 0.1) is 0 Å². The number of hydrogen-bond donors (Lipinski definition) is 1. The highest BCUT2D eigenvalue weighted by atomic mass is 16.5. The highest BCUT2D eigenvalue weighted by Gasteiger charge is 2.24. The van der Waals surface area contributed by atoms with Gasteiger partial charge in [-0.15, -0.1) is 0 Å². The zero-order valence-corrected chi connectivity index (χ0v) is 13.8. The molecular weight excluding hydrogens is 304 g/mol. The van der Waals surface area contributed by atoms with E-state index in [1.165, 1.54) is 0 Å². The molecule has 2 aromatic rings. The molecule has 24 heavy (non-hydrogen) atoms. The molecule has 0 saturated heterocycles. The second kappa shape index (κ2) is 7.36. The van der Waals surface area contributed by atoms with E-state index in [9.17, 15) is 4.79 Å². The molecule has 0 atom stereocenters. The Morgan fingerprint density at radius 1 is 1.17 bits per heavy atom. The molecule has 3 rings (SSSR count). The minimum atomic E-state index is -0.00927. The quantitative estimate of drug-likeness (QED) is 0.678. The average molecular weight is 326 g/mol. The molecule has 0 unspecified atom stereocenters. The van der Waals surface area contributed by atoms with Crippen molar-refractivity contribution in [3.05, 3.63) is 53.6 Å². The van der Waals surface area contributed by atoms with Crippen LogP contribution in [-0.4, -0.2) is 32.8 Å². The van der Waals surface area contributed by atoms with E-state index in [4.69, 9.17) is 15.2 Å². The summed E-state index contributed by atoms with van der Waals surface area (Å²) in [5, 5.41) is 0. The summed E-state index contributed by atoms with van der Waals surface area (Å²) in [6.45, 7) is 1.73. The predicted molar refractivity (Wildman–Crippen MR) is 94.7 cm³/mol. The molecule has 1 aliphatic heterocycles. The summed E-state index contributed by atoms with van der Waals surface area (Å²) in [5.41, 5.74) is 9.44. The van der Waals surface area contributed by atoms with Gasteiger partial charge in [-0.25, -0.2) is 0 Å². The predicted octanol–water partition coefficient (Wildman–Crippen LogP) is 2.89. The van der Waals surface area contributed by atoms with E-state index >= 15 is 0 Å². The van der Waals surface area contributed by atoms with Gasteiger partial charge in [-0.3, -0.25) is 4.79 Å². The normalized spacial score (nSPS) is 13.5. The number of nitrogen functional groups attached to an aromatic ring is 1. The topological polar surface area (TPSA) is 64.8 Å². The van der Waals surface area contributed by atoms with E-state index in [0.717, 1.165) is 35.5 Å². The van der Waals surface area contributed by atoms with Crippen molar-refractivity contribution in [3.8, 4) is 5.75 Å². The van der Waals surface area contributed by atoms with Crippen molar-refractivity contribution in [1.29, 1.82) is 0 Å². The van der Waals surface area contributed by atoms with Crippen molar-refractivity contribution < 1.29 is 14.3 Å². The Morgan fingerprint density at radius 3 is 2.71 bits per heavy atom. The van der Waals surface area contributed by atoms with Crippen molar-refractivity contribution in [1.82, 2.24) is 0 Å². The number of carbonyl (C=O) groups excluding carboxylic acids is 1. The summed E-state index contributed by atoms with van der Waals surface area (Å²) in [4.78, 5) is 14.7. The molecule has 0 radical (unpaired) electrons. The van der Waals surface area contributed by atoms with Gasteiger partial charge in [0.25, 0.3) is 5.91 Å². The Morgan fingerprint density at radius 2 is 1.96 bits per heavy atom. The molecule has 0 aliphatic carbocycles. The standard InChI is InChI=1S/C19H22N2O3/c1-23-12-13-24-15-9-7-14(8-10-15)19(22)21-11-3-4-16-17(20)5-2-6-18(16)21/h2,5-10H,3-4,11-13,20H2,1H3. The number of rotatable bonds is 5. The first kappa shape index (κ1) is 16.3. The van der Waals surface area contributed by atoms with Crippen LogP contribution in [0.4, 0.5) is 11.4 Å². The lowest BCUT2D eigenvalue weighted by Crippen LogP contribution is -2.35. The van der Waals surface area contributed by atoms with Crippen molar-refractivity contribution in [2.24, 2.45) is 0 Å². The van der Waals surface area contributed by atoms with E-state index in [1.807, 2.05) is 35.2 Å². The van der Waals surface area contributed by atoms with Crippen molar-refractivity contribution in [2.45, 2.75) is 12.8 Å². The minimum Gasteiger partial charge on any atom is -0.491 e. The summed E-state index contributed by atoms with van der Waals surface area (Å²) in [7, 11) is 1.63. The molecule has 5 nitrogen and oxygen atoms in total. The number of benzene rings is 2. The van der Waals surface area contributed by atoms with Gasteiger partial charge in [-0.05, 0) is 54.8 Å². The fourth-order valence-electron chi connectivity index (χ4n) is 2.96. The highest BCUT2D eigenvalue weighted by molar-refractivity contribution is 6.07. The fourth-order valence-corrected chi connectivity index (χ4v) is 2.96. The number of fused-ring (bicyclic) bond motifs is 1. The Kier molecular flexibility index (Phi) is 5.01. The zero-order chi connectivity index (χ0) is 16.9.